The maximum Gasteiger partial charge on any atom is 0.228 e. The number of nitrogens with zero attached hydrogens (tertiary/aromatic N) is 5. The molecular formula is C17H14N6OS. The van der Waals surface area contributed by atoms with Crippen molar-refractivity contribution in [1.29, 1.82) is 0 Å². The van der Waals surface area contributed by atoms with Gasteiger partial charge in [0, 0.05) is 5.69 Å². The molecule has 0 fully saturated rings. The zero-order valence-corrected chi connectivity index (χ0v) is 14.2. The van der Waals surface area contributed by atoms with Gasteiger partial charge in [-0.2, -0.15) is 0 Å². The number of carbonyl (C=O) groups is 1. The Morgan fingerprint density at radius 1 is 1.20 bits per heavy atom. The molecule has 0 atom stereocenters. The van der Waals surface area contributed by atoms with Gasteiger partial charge in [-0.3, -0.25) is 4.79 Å². The lowest BCUT2D eigenvalue weighted by atomic mass is 10.1. The van der Waals surface area contributed by atoms with E-state index in [4.69, 9.17) is 0 Å². The Hall–Kier alpha value is -3.13. The molecule has 0 saturated carbocycles. The lowest BCUT2D eigenvalue weighted by molar-refractivity contribution is -0.115. The average molecular weight is 350 g/mol. The summed E-state index contributed by atoms with van der Waals surface area (Å²) in [7, 11) is 0. The van der Waals surface area contributed by atoms with Crippen molar-refractivity contribution in [2.24, 2.45) is 0 Å². The van der Waals surface area contributed by atoms with Crippen LogP contribution < -0.4 is 5.32 Å². The van der Waals surface area contributed by atoms with E-state index < -0.39 is 0 Å². The van der Waals surface area contributed by atoms with Crippen molar-refractivity contribution < 1.29 is 4.79 Å². The molecule has 0 aliphatic rings. The summed E-state index contributed by atoms with van der Waals surface area (Å²) in [5.41, 5.74) is 3.51. The minimum Gasteiger partial charge on any atom is -0.326 e. The van der Waals surface area contributed by atoms with Gasteiger partial charge < -0.3 is 5.32 Å². The van der Waals surface area contributed by atoms with Gasteiger partial charge in [0.25, 0.3) is 0 Å². The lowest BCUT2D eigenvalue weighted by Gasteiger charge is -2.06. The van der Waals surface area contributed by atoms with Gasteiger partial charge in [0.15, 0.2) is 0 Å². The summed E-state index contributed by atoms with van der Waals surface area (Å²) in [5, 5.41) is 15.0. The van der Waals surface area contributed by atoms with Crippen LogP contribution in [0.25, 0.3) is 15.9 Å². The SMILES string of the molecule is Cc1nc2ccc(NC(=O)Cc3ccc(-n4cnnn4)cc3)cc2s1. The Balaban J connectivity index is 1.44. The van der Waals surface area contributed by atoms with Crippen molar-refractivity contribution >= 4 is 33.1 Å². The predicted octanol–water partition coefficient (Wildman–Crippen LogP) is 2.76. The van der Waals surface area contributed by atoms with E-state index in [1.807, 2.05) is 49.4 Å². The van der Waals surface area contributed by atoms with E-state index in [-0.39, 0.29) is 5.91 Å². The molecule has 0 aliphatic carbocycles. The predicted molar refractivity (Wildman–Crippen MR) is 95.8 cm³/mol. The number of carbonyl (C=O) groups excluding carboxylic acids is 1. The molecule has 25 heavy (non-hydrogen) atoms. The van der Waals surface area contributed by atoms with Crippen LogP contribution in [0.1, 0.15) is 10.6 Å². The number of aryl methyl sites for hydroxylation is 1. The topological polar surface area (TPSA) is 85.6 Å². The first-order chi connectivity index (χ1) is 12.2. The van der Waals surface area contributed by atoms with E-state index in [1.54, 1.807) is 16.0 Å². The summed E-state index contributed by atoms with van der Waals surface area (Å²) < 4.78 is 2.64. The summed E-state index contributed by atoms with van der Waals surface area (Å²) in [6, 6.07) is 13.3. The molecule has 2 heterocycles. The Kier molecular flexibility index (Phi) is 3.95. The second kappa shape index (κ2) is 6.40. The molecule has 0 spiro atoms. The molecule has 7 nitrogen and oxygen atoms in total. The van der Waals surface area contributed by atoms with Gasteiger partial charge >= 0.3 is 0 Å². The molecular weight excluding hydrogens is 336 g/mol. The van der Waals surface area contributed by atoms with Gasteiger partial charge in [-0.1, -0.05) is 12.1 Å². The summed E-state index contributed by atoms with van der Waals surface area (Å²) >= 11 is 1.62. The maximum atomic E-state index is 12.3. The van der Waals surface area contributed by atoms with Crippen LogP contribution in [0.3, 0.4) is 0 Å². The molecule has 2 aromatic heterocycles. The highest BCUT2D eigenvalue weighted by Crippen LogP contribution is 2.24. The van der Waals surface area contributed by atoms with Gasteiger partial charge in [0.05, 0.1) is 27.3 Å². The van der Waals surface area contributed by atoms with Gasteiger partial charge in [-0.05, 0) is 53.2 Å². The number of anilines is 1. The molecule has 2 aromatic carbocycles. The third-order valence-corrected chi connectivity index (χ3v) is 4.63. The number of hydrogen-bond acceptors (Lipinski definition) is 6. The zero-order chi connectivity index (χ0) is 17.2. The number of benzene rings is 2. The van der Waals surface area contributed by atoms with Crippen molar-refractivity contribution in [1.82, 2.24) is 25.2 Å². The van der Waals surface area contributed by atoms with E-state index >= 15 is 0 Å². The summed E-state index contributed by atoms with van der Waals surface area (Å²) in [4.78, 5) is 16.7. The Morgan fingerprint density at radius 3 is 2.80 bits per heavy atom. The molecule has 0 unspecified atom stereocenters. The van der Waals surface area contributed by atoms with E-state index in [9.17, 15) is 4.79 Å². The third kappa shape index (κ3) is 3.38. The van der Waals surface area contributed by atoms with E-state index in [0.29, 0.717) is 6.42 Å². The largest absolute Gasteiger partial charge is 0.326 e. The van der Waals surface area contributed by atoms with Crippen molar-refractivity contribution in [2.45, 2.75) is 13.3 Å². The Labute approximate surface area is 147 Å². The fraction of sp³-hybridized carbons (Fsp3) is 0.118. The van der Waals surface area contributed by atoms with Crippen LogP contribution in [-0.4, -0.2) is 31.1 Å². The van der Waals surface area contributed by atoms with Crippen LogP contribution in [0.2, 0.25) is 0 Å². The maximum absolute atomic E-state index is 12.3. The highest BCUT2D eigenvalue weighted by Gasteiger charge is 2.07. The number of fused-ring (bicyclic) bond motifs is 1. The van der Waals surface area contributed by atoms with Crippen LogP contribution in [0.15, 0.2) is 48.8 Å². The highest BCUT2D eigenvalue weighted by molar-refractivity contribution is 7.18. The van der Waals surface area contributed by atoms with Crippen molar-refractivity contribution in [3.05, 3.63) is 59.4 Å². The lowest BCUT2D eigenvalue weighted by Crippen LogP contribution is -2.14. The first kappa shape index (κ1) is 15.4. The number of thiazole rings is 1. The van der Waals surface area contributed by atoms with Crippen molar-refractivity contribution in [3.63, 3.8) is 0 Å². The van der Waals surface area contributed by atoms with Gasteiger partial charge in [-0.15, -0.1) is 16.4 Å². The van der Waals surface area contributed by atoms with E-state index in [0.717, 1.165) is 32.2 Å². The van der Waals surface area contributed by atoms with Crippen LogP contribution in [0.4, 0.5) is 5.69 Å². The molecule has 0 saturated heterocycles. The number of aromatic nitrogens is 5. The standard InChI is InChI=1S/C17H14N6OS/c1-11-19-15-7-4-13(9-16(15)25-11)20-17(24)8-12-2-5-14(6-3-12)23-10-18-21-22-23/h2-7,9-10H,8H2,1H3,(H,20,24). The first-order valence-corrected chi connectivity index (χ1v) is 8.48. The molecule has 4 rings (SSSR count). The first-order valence-electron chi connectivity index (χ1n) is 7.67. The fourth-order valence-electron chi connectivity index (χ4n) is 2.55. The minimum atomic E-state index is -0.0595. The van der Waals surface area contributed by atoms with Crippen LogP contribution in [0.5, 0.6) is 0 Å². The fourth-order valence-corrected chi connectivity index (χ4v) is 3.42. The molecule has 1 N–H and O–H groups in total. The van der Waals surface area contributed by atoms with E-state index in [1.165, 1.54) is 6.33 Å². The molecule has 4 aromatic rings. The molecule has 124 valence electrons. The molecule has 0 bridgehead atoms. The number of amides is 1. The molecule has 1 amide bonds. The summed E-state index contributed by atoms with van der Waals surface area (Å²) in [6.45, 7) is 1.97. The number of rotatable bonds is 4. The van der Waals surface area contributed by atoms with Gasteiger partial charge in [0.1, 0.15) is 6.33 Å². The monoisotopic (exact) mass is 350 g/mol. The van der Waals surface area contributed by atoms with Crippen molar-refractivity contribution in [3.8, 4) is 5.69 Å². The smallest absolute Gasteiger partial charge is 0.228 e. The Bertz CT molecular complexity index is 1020. The third-order valence-electron chi connectivity index (χ3n) is 3.69. The number of nitrogens with one attached hydrogen (secondary N) is 1. The zero-order valence-electron chi connectivity index (χ0n) is 13.4. The molecule has 8 heteroatoms. The second-order valence-corrected chi connectivity index (χ2v) is 6.80. The quantitative estimate of drug-likeness (QED) is 0.612. The van der Waals surface area contributed by atoms with Gasteiger partial charge in [-0.25, -0.2) is 9.67 Å². The van der Waals surface area contributed by atoms with Gasteiger partial charge in [0.2, 0.25) is 5.91 Å². The van der Waals surface area contributed by atoms with Crippen LogP contribution >= 0.6 is 11.3 Å². The average Bonchev–Trinajstić information content (AvgIpc) is 3.23. The minimum absolute atomic E-state index is 0.0595. The van der Waals surface area contributed by atoms with E-state index in [2.05, 4.69) is 25.8 Å². The summed E-state index contributed by atoms with van der Waals surface area (Å²) in [5.74, 6) is -0.0595. The van der Waals surface area contributed by atoms with Crippen LogP contribution in [-0.2, 0) is 11.2 Å². The normalized spacial score (nSPS) is 10.9. The second-order valence-electron chi connectivity index (χ2n) is 5.56. The number of tetrazole rings is 1. The Morgan fingerprint density at radius 2 is 2.04 bits per heavy atom. The molecule has 0 radical (unpaired) electrons. The highest BCUT2D eigenvalue weighted by atomic mass is 32.1. The van der Waals surface area contributed by atoms with Crippen LogP contribution in [0, 0.1) is 6.92 Å². The summed E-state index contributed by atoms with van der Waals surface area (Å²) in [6.07, 6.45) is 1.83. The van der Waals surface area contributed by atoms with Crippen molar-refractivity contribution in [2.75, 3.05) is 5.32 Å². The molecule has 0 aliphatic heterocycles. The number of hydrogen-bond donors (Lipinski definition) is 1.